The molecule has 1 heterocycles. The Morgan fingerprint density at radius 2 is 1.96 bits per heavy atom. The molecule has 1 aromatic carbocycles. The molecule has 7 nitrogen and oxygen atoms in total. The zero-order chi connectivity index (χ0) is 17.6. The van der Waals surface area contributed by atoms with Crippen LogP contribution in [0.3, 0.4) is 0 Å². The molecule has 128 valence electrons. The van der Waals surface area contributed by atoms with Crippen LogP contribution in [0.4, 0.5) is 4.79 Å². The van der Waals surface area contributed by atoms with Crippen molar-refractivity contribution in [3.8, 4) is 0 Å². The molecule has 24 heavy (non-hydrogen) atoms. The van der Waals surface area contributed by atoms with Crippen LogP contribution in [0.2, 0.25) is 0 Å². The minimum Gasteiger partial charge on any atom is -0.445 e. The predicted octanol–water partition coefficient (Wildman–Crippen LogP) is 1.64. The van der Waals surface area contributed by atoms with Crippen molar-refractivity contribution < 1.29 is 23.9 Å². The van der Waals surface area contributed by atoms with Crippen molar-refractivity contribution >= 4 is 18.0 Å². The van der Waals surface area contributed by atoms with Crippen LogP contribution in [0.1, 0.15) is 25.8 Å². The van der Waals surface area contributed by atoms with E-state index in [1.165, 1.54) is 6.08 Å². The minimum atomic E-state index is -0.716. The molecule has 1 aromatic rings. The lowest BCUT2D eigenvalue weighted by molar-refractivity contribution is -0.139. The second-order valence-corrected chi connectivity index (χ2v) is 6.05. The maximum atomic E-state index is 11.7. The second-order valence-electron chi connectivity index (χ2n) is 6.05. The van der Waals surface area contributed by atoms with Gasteiger partial charge in [-0.05, 0) is 19.4 Å². The molecule has 0 saturated carbocycles. The first-order valence-electron chi connectivity index (χ1n) is 7.52. The van der Waals surface area contributed by atoms with Gasteiger partial charge in [0.15, 0.2) is 0 Å². The van der Waals surface area contributed by atoms with Gasteiger partial charge in [0.25, 0.3) is 0 Å². The van der Waals surface area contributed by atoms with E-state index in [0.717, 1.165) is 5.56 Å². The third-order valence-corrected chi connectivity index (χ3v) is 3.20. The molecule has 1 aliphatic heterocycles. The van der Waals surface area contributed by atoms with Gasteiger partial charge in [-0.15, -0.1) is 0 Å². The van der Waals surface area contributed by atoms with Crippen LogP contribution in [0.25, 0.3) is 0 Å². The monoisotopic (exact) mass is 332 g/mol. The molecule has 0 aliphatic carbocycles. The highest BCUT2D eigenvalue weighted by atomic mass is 16.6. The van der Waals surface area contributed by atoms with E-state index in [9.17, 15) is 14.4 Å². The van der Waals surface area contributed by atoms with Crippen molar-refractivity contribution in [2.75, 3.05) is 6.54 Å². The molecule has 1 aliphatic rings. The fraction of sp³-hybridized carbons (Fsp3) is 0.353. The van der Waals surface area contributed by atoms with Gasteiger partial charge in [0.1, 0.15) is 18.9 Å². The van der Waals surface area contributed by atoms with E-state index in [4.69, 9.17) is 9.47 Å². The van der Waals surface area contributed by atoms with Gasteiger partial charge in [0.2, 0.25) is 5.91 Å². The summed E-state index contributed by atoms with van der Waals surface area (Å²) in [7, 11) is 0. The fourth-order valence-electron chi connectivity index (χ4n) is 2.21. The van der Waals surface area contributed by atoms with Crippen LogP contribution in [-0.2, 0) is 25.7 Å². The van der Waals surface area contributed by atoms with Crippen LogP contribution in [-0.4, -0.2) is 30.1 Å². The van der Waals surface area contributed by atoms with Gasteiger partial charge in [0.05, 0.1) is 0 Å². The molecule has 0 atom stereocenters. The van der Waals surface area contributed by atoms with Gasteiger partial charge in [0, 0.05) is 18.0 Å². The lowest BCUT2D eigenvalue weighted by Crippen LogP contribution is -2.46. The van der Waals surface area contributed by atoms with Crippen molar-refractivity contribution in [2.24, 2.45) is 0 Å². The Morgan fingerprint density at radius 1 is 1.25 bits per heavy atom. The number of ether oxygens (including phenoxy) is 2. The second kappa shape index (κ2) is 7.63. The summed E-state index contributed by atoms with van der Waals surface area (Å²) in [5.74, 6) is -0.708. The highest BCUT2D eigenvalue weighted by molar-refractivity contribution is 5.90. The Balaban J connectivity index is 1.73. The standard InChI is InChI=1S/C17H20N2O5/c1-17(2)9-13(8-14(20)19-17)24-15(21)10-18-16(22)23-11-12-6-4-3-5-7-12/h3-8H,9-11H2,1-2H3,(H,18,22)(H,19,20). The molecule has 0 fully saturated rings. The van der Waals surface area contributed by atoms with E-state index in [1.807, 2.05) is 44.2 Å². The number of rotatable bonds is 5. The zero-order valence-electron chi connectivity index (χ0n) is 13.6. The summed E-state index contributed by atoms with van der Waals surface area (Å²) in [6.07, 6.45) is 0.909. The number of carbonyl (C=O) groups is 3. The van der Waals surface area contributed by atoms with Crippen molar-refractivity contribution in [3.63, 3.8) is 0 Å². The van der Waals surface area contributed by atoms with E-state index in [2.05, 4.69) is 10.6 Å². The Labute approximate surface area is 140 Å². The molecule has 0 radical (unpaired) electrons. The van der Waals surface area contributed by atoms with Crippen molar-refractivity contribution in [3.05, 3.63) is 47.7 Å². The fourth-order valence-corrected chi connectivity index (χ4v) is 2.21. The molecule has 0 saturated heterocycles. The van der Waals surface area contributed by atoms with Gasteiger partial charge in [-0.1, -0.05) is 30.3 Å². The van der Waals surface area contributed by atoms with E-state index >= 15 is 0 Å². The average molecular weight is 332 g/mol. The van der Waals surface area contributed by atoms with Crippen LogP contribution in [0.15, 0.2) is 42.2 Å². The molecule has 7 heteroatoms. The number of hydrogen-bond acceptors (Lipinski definition) is 5. The first kappa shape index (κ1) is 17.5. The SMILES string of the molecule is CC1(C)CC(OC(=O)CNC(=O)OCc2ccccc2)=CC(=O)N1. The smallest absolute Gasteiger partial charge is 0.407 e. The Morgan fingerprint density at radius 3 is 2.62 bits per heavy atom. The Kier molecular flexibility index (Phi) is 5.57. The number of carbonyl (C=O) groups excluding carboxylic acids is 3. The largest absolute Gasteiger partial charge is 0.445 e. The molecule has 0 spiro atoms. The summed E-state index contributed by atoms with van der Waals surface area (Å²) in [6.45, 7) is 3.42. The first-order chi connectivity index (χ1) is 11.3. The van der Waals surface area contributed by atoms with Crippen molar-refractivity contribution in [2.45, 2.75) is 32.4 Å². The summed E-state index contributed by atoms with van der Waals surface area (Å²) >= 11 is 0. The van der Waals surface area contributed by atoms with Crippen LogP contribution >= 0.6 is 0 Å². The van der Waals surface area contributed by atoms with Crippen molar-refractivity contribution in [1.82, 2.24) is 10.6 Å². The number of esters is 1. The topological polar surface area (TPSA) is 93.7 Å². The summed E-state index contributed by atoms with van der Waals surface area (Å²) in [6, 6.07) is 9.18. The number of alkyl carbamates (subject to hydrolysis) is 1. The average Bonchev–Trinajstić information content (AvgIpc) is 2.50. The highest BCUT2D eigenvalue weighted by Crippen LogP contribution is 2.20. The van der Waals surface area contributed by atoms with Gasteiger partial charge >= 0.3 is 12.1 Å². The molecule has 2 rings (SSSR count). The van der Waals surface area contributed by atoms with E-state index in [-0.39, 0.29) is 24.8 Å². The molecular weight excluding hydrogens is 312 g/mol. The summed E-state index contributed by atoms with van der Waals surface area (Å²) in [5, 5.41) is 5.06. The minimum absolute atomic E-state index is 0.112. The highest BCUT2D eigenvalue weighted by Gasteiger charge is 2.28. The van der Waals surface area contributed by atoms with Crippen LogP contribution in [0.5, 0.6) is 0 Å². The molecule has 0 aromatic heterocycles. The number of hydrogen-bond donors (Lipinski definition) is 2. The first-order valence-corrected chi connectivity index (χ1v) is 7.52. The molecule has 0 bridgehead atoms. The van der Waals surface area contributed by atoms with Gasteiger partial charge in [-0.3, -0.25) is 4.79 Å². The lowest BCUT2D eigenvalue weighted by atomic mass is 9.96. The third kappa shape index (κ3) is 5.75. The van der Waals surface area contributed by atoms with Crippen LogP contribution in [0, 0.1) is 0 Å². The van der Waals surface area contributed by atoms with Crippen LogP contribution < -0.4 is 10.6 Å². The predicted molar refractivity (Wildman–Crippen MR) is 85.6 cm³/mol. The molecule has 2 amide bonds. The quantitative estimate of drug-likeness (QED) is 0.800. The Bertz CT molecular complexity index is 652. The maximum Gasteiger partial charge on any atom is 0.407 e. The molecular formula is C17H20N2O5. The number of amides is 2. The zero-order valence-corrected chi connectivity index (χ0v) is 13.6. The van der Waals surface area contributed by atoms with Gasteiger partial charge in [-0.25, -0.2) is 9.59 Å². The third-order valence-electron chi connectivity index (χ3n) is 3.20. The number of nitrogens with one attached hydrogen (secondary N) is 2. The van der Waals surface area contributed by atoms with Gasteiger partial charge in [-0.2, -0.15) is 0 Å². The summed E-state index contributed by atoms with van der Waals surface area (Å²) < 4.78 is 10.1. The van der Waals surface area contributed by atoms with E-state index in [1.54, 1.807) is 0 Å². The van der Waals surface area contributed by atoms with Crippen molar-refractivity contribution in [1.29, 1.82) is 0 Å². The number of benzene rings is 1. The molecule has 0 unspecified atom stereocenters. The maximum absolute atomic E-state index is 11.7. The lowest BCUT2D eigenvalue weighted by Gasteiger charge is -2.30. The molecule has 2 N–H and O–H groups in total. The van der Waals surface area contributed by atoms with E-state index in [0.29, 0.717) is 6.42 Å². The normalized spacial score (nSPS) is 15.8. The summed E-state index contributed by atoms with van der Waals surface area (Å²) in [5.41, 5.74) is 0.361. The van der Waals surface area contributed by atoms with E-state index < -0.39 is 17.6 Å². The van der Waals surface area contributed by atoms with Gasteiger partial charge < -0.3 is 20.1 Å². The summed E-state index contributed by atoms with van der Waals surface area (Å²) in [4.78, 5) is 34.8. The Hall–Kier alpha value is -2.83.